The molecule has 2 aliphatic carbocycles. The Bertz CT molecular complexity index is 2020. The predicted molar refractivity (Wildman–Crippen MR) is 206 cm³/mol. The zero-order chi connectivity index (χ0) is 39.2. The molecule has 0 bridgehead atoms. The quantitative estimate of drug-likeness (QED) is 0.203. The van der Waals surface area contributed by atoms with E-state index in [4.69, 9.17) is 19.2 Å². The Morgan fingerprint density at radius 2 is 1.83 bits per heavy atom. The maximum atomic E-state index is 14.6. The van der Waals surface area contributed by atoms with Gasteiger partial charge in [0.1, 0.15) is 34.0 Å². The number of nitrogens with zero attached hydrogens (tertiary/aromatic N) is 3. The first-order valence-electron chi connectivity index (χ1n) is 18.1. The highest BCUT2D eigenvalue weighted by molar-refractivity contribution is 7.91. The fraction of sp³-hybridized carbons (Fsp3) is 0.553. The van der Waals surface area contributed by atoms with Crippen molar-refractivity contribution in [3.63, 3.8) is 0 Å². The summed E-state index contributed by atoms with van der Waals surface area (Å²) in [6.45, 7) is 15.0. The number of amides is 3. The molecular formula is C38H50N6O8S2. The van der Waals surface area contributed by atoms with Gasteiger partial charge in [-0.25, -0.2) is 23.2 Å². The molecule has 2 saturated carbocycles. The number of ether oxygens (including phenoxy) is 3. The molecule has 1 aliphatic heterocycles. The van der Waals surface area contributed by atoms with Gasteiger partial charge in [0.15, 0.2) is 5.75 Å². The van der Waals surface area contributed by atoms with Gasteiger partial charge in [0.25, 0.3) is 5.91 Å². The molecule has 14 nitrogen and oxygen atoms in total. The van der Waals surface area contributed by atoms with Gasteiger partial charge in [-0.1, -0.05) is 45.0 Å². The van der Waals surface area contributed by atoms with Crippen LogP contribution in [0.1, 0.15) is 67.2 Å². The van der Waals surface area contributed by atoms with E-state index in [1.165, 1.54) is 11.3 Å². The number of alkyl carbamates (subject to hydrolysis) is 1. The van der Waals surface area contributed by atoms with E-state index in [2.05, 4.69) is 26.9 Å². The third-order valence-electron chi connectivity index (χ3n) is 9.94. The second kappa shape index (κ2) is 14.8. The van der Waals surface area contributed by atoms with Crippen molar-refractivity contribution in [3.05, 3.63) is 48.5 Å². The van der Waals surface area contributed by atoms with Crippen molar-refractivity contribution >= 4 is 50.0 Å². The number of fused-ring (bicyclic) bond motifs is 1. The van der Waals surface area contributed by atoms with E-state index in [9.17, 15) is 22.8 Å². The van der Waals surface area contributed by atoms with E-state index in [1.54, 1.807) is 45.1 Å². The highest BCUT2D eigenvalue weighted by atomic mass is 32.2. The molecule has 3 aliphatic rings. The van der Waals surface area contributed by atoms with Gasteiger partial charge < -0.3 is 29.7 Å². The van der Waals surface area contributed by atoms with Gasteiger partial charge in [-0.15, -0.1) is 17.9 Å². The molecule has 5 atom stereocenters. The van der Waals surface area contributed by atoms with E-state index in [-0.39, 0.29) is 24.9 Å². The SMILES string of the molecule is C=CC1C[C@]1(NC[C@@H]1C[C@@H](Oc2nc(-c3nccs3)c(OC)c3ccccc23)CN1C(=O)[C@@H](NC(=O)OC(C)(C)C)C(C)(C)C)C(=O)NS(=O)(=O)C1CC1. The van der Waals surface area contributed by atoms with Crippen molar-refractivity contribution in [2.45, 2.75) is 102 Å². The zero-order valence-corrected chi connectivity index (χ0v) is 33.4. The van der Waals surface area contributed by atoms with Crippen LogP contribution in [0.5, 0.6) is 11.6 Å². The van der Waals surface area contributed by atoms with E-state index >= 15 is 0 Å². The number of likely N-dealkylation sites (tertiary alicyclic amines) is 1. The molecule has 2 aromatic heterocycles. The number of nitrogens with one attached hydrogen (secondary N) is 3. The number of aromatic nitrogens is 2. The number of hydrogen-bond acceptors (Lipinski definition) is 12. The second-order valence-corrected chi connectivity index (χ2v) is 19.2. The molecule has 1 saturated heterocycles. The van der Waals surface area contributed by atoms with Gasteiger partial charge in [-0.3, -0.25) is 14.3 Å². The normalized spacial score (nSPS) is 23.4. The molecule has 292 valence electrons. The molecule has 16 heteroatoms. The molecular weight excluding hydrogens is 733 g/mol. The van der Waals surface area contributed by atoms with Crippen LogP contribution in [0.4, 0.5) is 4.79 Å². The highest BCUT2D eigenvalue weighted by Crippen LogP contribution is 2.46. The first-order chi connectivity index (χ1) is 25.4. The standard InChI is InChI=1S/C38H50N6O8S2/c1-9-22-19-38(22,34(46)43-54(48,49)25-14-15-25)40-20-23-18-24(21-44(23)33(45)30(36(2,3)4)42-35(47)52-37(5,6)7)51-31-27-13-11-10-12-26(27)29(50-8)28(41-31)32-39-16-17-53-32/h9-13,16-17,22-25,30,40H,1,14-15,18-21H2,2-8H3,(H,42,47)(H,43,46)/t22?,23-,24+,30+,38+/m0/s1. The van der Waals surface area contributed by atoms with Gasteiger partial charge in [0, 0.05) is 47.3 Å². The summed E-state index contributed by atoms with van der Waals surface area (Å²) >= 11 is 1.42. The summed E-state index contributed by atoms with van der Waals surface area (Å²) in [6, 6.07) is 6.10. The first kappa shape index (κ1) is 39.4. The molecule has 54 heavy (non-hydrogen) atoms. The summed E-state index contributed by atoms with van der Waals surface area (Å²) in [6.07, 6.45) is 3.79. The van der Waals surface area contributed by atoms with Crippen molar-refractivity contribution in [2.75, 3.05) is 20.2 Å². The van der Waals surface area contributed by atoms with Crippen molar-refractivity contribution < 1.29 is 37.0 Å². The summed E-state index contributed by atoms with van der Waals surface area (Å²) in [5.41, 5.74) is -2.18. The Kier molecular flexibility index (Phi) is 10.8. The average molecular weight is 783 g/mol. The summed E-state index contributed by atoms with van der Waals surface area (Å²) < 4.78 is 45.8. The first-order valence-corrected chi connectivity index (χ1v) is 20.6. The van der Waals surface area contributed by atoms with Crippen molar-refractivity contribution in [1.29, 1.82) is 0 Å². The van der Waals surface area contributed by atoms with E-state index in [1.807, 2.05) is 50.4 Å². The fourth-order valence-electron chi connectivity index (χ4n) is 6.91. The zero-order valence-electron chi connectivity index (χ0n) is 31.8. The minimum Gasteiger partial charge on any atom is -0.494 e. The number of benzene rings is 1. The Morgan fingerprint density at radius 1 is 1.13 bits per heavy atom. The van der Waals surface area contributed by atoms with Crippen LogP contribution in [0.15, 0.2) is 48.5 Å². The van der Waals surface area contributed by atoms with Crippen LogP contribution in [0.25, 0.3) is 21.5 Å². The van der Waals surface area contributed by atoms with Crippen LogP contribution in [-0.4, -0.2) is 96.0 Å². The Balaban J connectivity index is 1.31. The molecule has 6 rings (SSSR count). The van der Waals surface area contributed by atoms with Gasteiger partial charge in [0.05, 0.1) is 18.9 Å². The molecule has 3 amide bonds. The van der Waals surface area contributed by atoms with Gasteiger partial charge in [0.2, 0.25) is 21.8 Å². The largest absolute Gasteiger partial charge is 0.494 e. The highest BCUT2D eigenvalue weighted by Gasteiger charge is 2.60. The number of thiazole rings is 1. The number of methoxy groups -OCH3 is 1. The number of carbonyl (C=O) groups excluding carboxylic acids is 3. The minimum atomic E-state index is -3.79. The molecule has 3 N–H and O–H groups in total. The van der Waals surface area contributed by atoms with Gasteiger partial charge in [-0.2, -0.15) is 0 Å². The summed E-state index contributed by atoms with van der Waals surface area (Å²) in [5, 5.41) is 9.59. The molecule has 1 unspecified atom stereocenters. The number of rotatable bonds is 13. The van der Waals surface area contributed by atoms with E-state index in [0.29, 0.717) is 53.4 Å². The lowest BCUT2D eigenvalue weighted by molar-refractivity contribution is -0.137. The Morgan fingerprint density at radius 3 is 2.41 bits per heavy atom. The molecule has 0 radical (unpaired) electrons. The summed E-state index contributed by atoms with van der Waals surface area (Å²) in [4.78, 5) is 52.3. The predicted octanol–water partition coefficient (Wildman–Crippen LogP) is 4.80. The lowest BCUT2D eigenvalue weighted by Crippen LogP contribution is -2.58. The molecule has 3 aromatic rings. The van der Waals surface area contributed by atoms with Crippen molar-refractivity contribution in [2.24, 2.45) is 11.3 Å². The molecule has 3 fully saturated rings. The third-order valence-corrected chi connectivity index (χ3v) is 12.5. The third kappa shape index (κ3) is 8.35. The van der Waals surface area contributed by atoms with E-state index in [0.717, 1.165) is 5.39 Å². The maximum absolute atomic E-state index is 14.6. The molecule has 1 aromatic carbocycles. The van der Waals surface area contributed by atoms with Crippen LogP contribution in [0.3, 0.4) is 0 Å². The van der Waals surface area contributed by atoms with Gasteiger partial charge >= 0.3 is 6.09 Å². The number of hydrogen-bond donors (Lipinski definition) is 3. The smallest absolute Gasteiger partial charge is 0.408 e. The van der Waals surface area contributed by atoms with Gasteiger partial charge in [-0.05, 0) is 51.5 Å². The van der Waals surface area contributed by atoms with Crippen LogP contribution < -0.4 is 24.8 Å². The van der Waals surface area contributed by atoms with Crippen LogP contribution >= 0.6 is 11.3 Å². The lowest BCUT2D eigenvalue weighted by Gasteiger charge is -2.36. The Hall–Kier alpha value is -4.28. The Labute approximate surface area is 320 Å². The molecule has 0 spiro atoms. The summed E-state index contributed by atoms with van der Waals surface area (Å²) in [5.74, 6) is -0.386. The number of pyridine rings is 1. The van der Waals surface area contributed by atoms with Crippen molar-refractivity contribution in [3.8, 4) is 22.3 Å². The number of carbonyl (C=O) groups is 3. The maximum Gasteiger partial charge on any atom is 0.408 e. The summed E-state index contributed by atoms with van der Waals surface area (Å²) in [7, 11) is -2.21. The van der Waals surface area contributed by atoms with Crippen LogP contribution in [0.2, 0.25) is 0 Å². The van der Waals surface area contributed by atoms with Crippen LogP contribution in [0, 0.1) is 11.3 Å². The fourth-order valence-corrected chi connectivity index (χ4v) is 8.89. The monoisotopic (exact) mass is 782 g/mol. The lowest BCUT2D eigenvalue weighted by atomic mass is 9.85. The van der Waals surface area contributed by atoms with E-state index < -0.39 is 62.0 Å². The second-order valence-electron chi connectivity index (χ2n) is 16.3. The average Bonchev–Trinajstić information content (AvgIpc) is 3.98. The van der Waals surface area contributed by atoms with Crippen molar-refractivity contribution in [1.82, 2.24) is 30.2 Å². The van der Waals surface area contributed by atoms with Crippen LogP contribution in [-0.2, 0) is 24.3 Å². The number of sulfonamides is 1. The molecule has 3 heterocycles. The topological polar surface area (TPSA) is 178 Å². The minimum absolute atomic E-state index is 0.136.